The molecule has 2 rings (SSSR count). The number of nitrogens with zero attached hydrogens (tertiary/aromatic N) is 1. The Morgan fingerprint density at radius 2 is 2.78 bits per heavy atom. The Kier molecular flexibility index (Phi) is 0.530. The third-order valence-corrected chi connectivity index (χ3v) is 1.19. The number of aromatic amines is 1. The highest BCUT2D eigenvalue weighted by Gasteiger charge is 1.88. The number of aromatic nitrogens is 2. The smallest absolute Gasteiger partial charge is 0.167 e. The lowest BCUT2D eigenvalue weighted by molar-refractivity contribution is 1.33. The Balaban J connectivity index is 2.95. The first kappa shape index (κ1) is 3.01. The molecule has 0 bridgehead atoms. The second-order valence-corrected chi connectivity index (χ2v) is 1.78. The van der Waals surface area contributed by atoms with Gasteiger partial charge in [0.05, 0.1) is 1.37 Å². The minimum atomic E-state index is 0.350. The van der Waals surface area contributed by atoms with E-state index in [1.807, 2.05) is 0 Å². The molecule has 0 amide bonds. The number of pyridine rings is 1. The van der Waals surface area contributed by atoms with Gasteiger partial charge in [-0.1, -0.05) is 0 Å². The van der Waals surface area contributed by atoms with E-state index in [1.54, 1.807) is 18.3 Å². The molecule has 0 aliphatic heterocycles. The summed E-state index contributed by atoms with van der Waals surface area (Å²) in [5.41, 5.74) is 0.539. The molecule has 1 N–H and O–H groups in total. The van der Waals surface area contributed by atoms with Crippen molar-refractivity contribution >= 4 is 11.0 Å². The van der Waals surface area contributed by atoms with Crippen molar-refractivity contribution in [1.29, 1.82) is 0 Å². The molecular formula is C7H6N2. The topological polar surface area (TPSA) is 28.7 Å². The van der Waals surface area contributed by atoms with Crippen LogP contribution in [0.2, 0.25) is 1.41 Å². The van der Waals surface area contributed by atoms with Crippen molar-refractivity contribution in [2.24, 2.45) is 0 Å². The van der Waals surface area contributed by atoms with E-state index in [4.69, 9.17) is 2.78 Å². The molecule has 0 radical (unpaired) electrons. The Labute approximate surface area is 55.4 Å². The maximum absolute atomic E-state index is 7.40. The van der Waals surface area contributed by atoms with Crippen LogP contribution < -0.4 is 0 Å². The molecule has 2 heteroatoms. The van der Waals surface area contributed by atoms with Crippen molar-refractivity contribution in [3.63, 3.8) is 0 Å². The Morgan fingerprint density at radius 3 is 3.67 bits per heavy atom. The summed E-state index contributed by atoms with van der Waals surface area (Å²) in [6.07, 6.45) is 3.05. The van der Waals surface area contributed by atoms with Crippen molar-refractivity contribution in [3.05, 3.63) is 30.6 Å². The Hall–Kier alpha value is -1.31. The molecule has 2 aromatic rings. The van der Waals surface area contributed by atoms with Crippen molar-refractivity contribution < 1.29 is 2.78 Å². The molecule has 2 heterocycles. The summed E-state index contributed by atoms with van der Waals surface area (Å²) in [5, 5.41) is 0.725. The fourth-order valence-electron chi connectivity index (χ4n) is 0.775. The van der Waals surface area contributed by atoms with Gasteiger partial charge >= 0.3 is 0 Å². The van der Waals surface area contributed by atoms with E-state index < -0.39 is 0 Å². The van der Waals surface area contributed by atoms with E-state index in [2.05, 4.69) is 4.98 Å². The molecule has 0 atom stereocenters. The lowest BCUT2D eigenvalue weighted by atomic mass is 10.3. The van der Waals surface area contributed by atoms with Crippen LogP contribution in [-0.2, 0) is 0 Å². The molecule has 0 saturated heterocycles. The number of hydrogen-bond donors (Lipinski definition) is 1. The largest absolute Gasteiger partial charge is 0.346 e. The molecule has 0 unspecified atom stereocenters. The first-order valence-corrected chi connectivity index (χ1v) is 2.71. The summed E-state index contributed by atoms with van der Waals surface area (Å²) in [7, 11) is 0. The fourth-order valence-corrected chi connectivity index (χ4v) is 0.775. The van der Waals surface area contributed by atoms with Crippen LogP contribution in [0.3, 0.4) is 0 Å². The molecule has 2 aromatic heterocycles. The van der Waals surface area contributed by atoms with Gasteiger partial charge in [-0.15, -0.1) is 0 Å². The summed E-state index contributed by atoms with van der Waals surface area (Å²) in [4.78, 5) is 5.07. The van der Waals surface area contributed by atoms with Crippen LogP contribution in [0.15, 0.2) is 30.6 Å². The van der Waals surface area contributed by atoms with Gasteiger partial charge in [0, 0.05) is 17.8 Å². The molecule has 2 nitrogen and oxygen atoms in total. The first-order chi connectivity index (χ1) is 5.29. The van der Waals surface area contributed by atoms with Crippen molar-refractivity contribution in [3.8, 4) is 0 Å². The summed E-state index contributed by atoms with van der Waals surface area (Å²) >= 11 is 0. The van der Waals surface area contributed by atoms with Gasteiger partial charge in [0.1, 0.15) is 5.65 Å². The maximum atomic E-state index is 7.40. The average Bonchev–Trinajstić information content (AvgIpc) is 2.30. The van der Waals surface area contributed by atoms with E-state index in [-0.39, 0.29) is 0 Å². The molecular weight excluding hydrogens is 112 g/mol. The maximum Gasteiger partial charge on any atom is 0.167 e. The Bertz CT molecular complexity index is 358. The van der Waals surface area contributed by atoms with Crippen LogP contribution >= 0.6 is 0 Å². The lowest BCUT2D eigenvalue weighted by Crippen LogP contribution is -1.70. The highest BCUT2D eigenvalue weighted by atomic mass is 14.8. The normalized spacial score (nSPS) is 13.3. The number of rotatable bonds is 0. The van der Waals surface area contributed by atoms with Crippen molar-refractivity contribution in [1.82, 2.24) is 9.96 Å². The molecule has 0 aromatic carbocycles. The summed E-state index contributed by atoms with van der Waals surface area (Å²) in [6, 6.07) is 3.90. The summed E-state index contributed by atoms with van der Waals surface area (Å²) in [6.45, 7) is 0. The number of fused-ring (bicyclic) bond motifs is 1. The van der Waals surface area contributed by atoms with Gasteiger partial charge in [-0.05, 0) is 18.2 Å². The van der Waals surface area contributed by atoms with Crippen LogP contribution in [0.1, 0.15) is 1.37 Å². The second kappa shape index (κ2) is 1.58. The van der Waals surface area contributed by atoms with Crippen LogP contribution in [-0.4, -0.2) is 9.96 Å². The minimum Gasteiger partial charge on any atom is -0.346 e. The summed E-state index contributed by atoms with van der Waals surface area (Å²) < 4.78 is 14.7. The predicted molar refractivity (Wildman–Crippen MR) is 36.1 cm³/mol. The summed E-state index contributed by atoms with van der Waals surface area (Å²) in [5.74, 6) is 0. The van der Waals surface area contributed by atoms with Gasteiger partial charge in [0.2, 0.25) is 0 Å². The van der Waals surface area contributed by atoms with Gasteiger partial charge in [0.15, 0.2) is 1.41 Å². The molecule has 0 aliphatic carbocycles. The van der Waals surface area contributed by atoms with E-state index in [0.29, 0.717) is 11.7 Å². The van der Waals surface area contributed by atoms with E-state index in [9.17, 15) is 0 Å². The lowest BCUT2D eigenvalue weighted by Gasteiger charge is -1.82. The van der Waals surface area contributed by atoms with Crippen LogP contribution in [0.4, 0.5) is 0 Å². The van der Waals surface area contributed by atoms with Crippen LogP contribution in [0.25, 0.3) is 11.0 Å². The third kappa shape index (κ3) is 0.598. The Morgan fingerprint density at radius 1 is 1.78 bits per heavy atom. The predicted octanol–water partition coefficient (Wildman–Crippen LogP) is 1.56. The monoisotopic (exact) mass is 120 g/mol. The number of H-pyrrole nitrogens is 1. The van der Waals surface area contributed by atoms with Crippen LogP contribution in [0, 0.1) is 0 Å². The van der Waals surface area contributed by atoms with Gasteiger partial charge < -0.3 is 4.98 Å². The zero-order valence-electron chi connectivity index (χ0n) is 6.70. The third-order valence-electron chi connectivity index (χ3n) is 1.19. The molecule has 0 spiro atoms. The van der Waals surface area contributed by atoms with E-state index >= 15 is 0 Å². The van der Waals surface area contributed by atoms with Crippen LogP contribution in [0.5, 0.6) is 0 Å². The molecule has 0 fully saturated rings. The first-order valence-electron chi connectivity index (χ1n) is 3.65. The quantitative estimate of drug-likeness (QED) is 0.561. The minimum absolute atomic E-state index is 0.350. The van der Waals surface area contributed by atoms with Gasteiger partial charge in [-0.25, -0.2) is 4.98 Å². The number of hydrogen-bond acceptors (Lipinski definition) is 1. The zero-order chi connectivity index (χ0) is 7.84. The SMILES string of the molecule is [2H]c1cn([2H])c2ncccc12. The highest BCUT2D eigenvalue weighted by molar-refractivity contribution is 5.74. The van der Waals surface area contributed by atoms with Gasteiger partial charge in [-0.3, -0.25) is 0 Å². The van der Waals surface area contributed by atoms with Gasteiger partial charge in [-0.2, -0.15) is 0 Å². The van der Waals surface area contributed by atoms with Gasteiger partial charge in [0.25, 0.3) is 0 Å². The standard InChI is InChI=1S/C7H6N2/c1-2-6-3-5-9-7(6)8-4-1/h1-5H,(H,8,9)/i3D/hD. The molecule has 0 aliphatic rings. The second-order valence-electron chi connectivity index (χ2n) is 1.78. The van der Waals surface area contributed by atoms with Crippen molar-refractivity contribution in [2.75, 3.05) is 0 Å². The van der Waals surface area contributed by atoms with Crippen molar-refractivity contribution in [2.45, 2.75) is 0 Å². The van der Waals surface area contributed by atoms with E-state index in [0.717, 1.165) is 10.4 Å². The molecule has 44 valence electrons. The van der Waals surface area contributed by atoms with E-state index in [1.165, 1.54) is 6.20 Å². The zero-order valence-corrected chi connectivity index (χ0v) is 4.70. The average molecular weight is 120 g/mol. The highest BCUT2D eigenvalue weighted by Crippen LogP contribution is 2.05. The molecule has 9 heavy (non-hydrogen) atoms. The number of nitrogens with one attached hydrogen (secondary N) is 1. The molecule has 0 saturated carbocycles. The fraction of sp³-hybridized carbons (Fsp3) is 0.